The molecule has 1 aliphatic heterocycles. The molecule has 0 bridgehead atoms. The van der Waals surface area contributed by atoms with Crippen LogP contribution in [0.4, 0.5) is 4.39 Å². The lowest BCUT2D eigenvalue weighted by molar-refractivity contribution is 0.0937. The van der Waals surface area contributed by atoms with Crippen LogP contribution in [-0.4, -0.2) is 32.4 Å². The van der Waals surface area contributed by atoms with Gasteiger partial charge in [0.25, 0.3) is 11.4 Å². The number of halogens is 1. The Bertz CT molecular complexity index is 1390. The molecule has 10 heteroatoms. The Morgan fingerprint density at radius 2 is 2.00 bits per heavy atom. The van der Waals surface area contributed by atoms with Crippen LogP contribution < -0.4 is 5.56 Å². The van der Waals surface area contributed by atoms with Gasteiger partial charge in [0.15, 0.2) is 11.0 Å². The molecular weight excluding hydrogens is 475 g/mol. The van der Waals surface area contributed by atoms with E-state index in [2.05, 4.69) is 10.1 Å². The molecule has 3 aromatic heterocycles. The molecule has 1 aromatic carbocycles. The number of hydrogen-bond donors (Lipinski definition) is 0. The van der Waals surface area contributed by atoms with Crippen LogP contribution in [0, 0.1) is 5.82 Å². The third kappa shape index (κ3) is 4.18. The molecule has 2 aliphatic rings. The molecule has 6 rings (SSSR count). The number of ether oxygens (including phenoxy) is 1. The van der Waals surface area contributed by atoms with Crippen LogP contribution in [0.5, 0.6) is 0 Å². The molecule has 4 aromatic rings. The van der Waals surface area contributed by atoms with Crippen LogP contribution in [0.2, 0.25) is 0 Å². The highest BCUT2D eigenvalue weighted by Gasteiger charge is 2.25. The fraction of sp³-hybridized carbons (Fsp3) is 0.417. The Balaban J connectivity index is 1.32. The van der Waals surface area contributed by atoms with Crippen LogP contribution in [0.25, 0.3) is 21.7 Å². The van der Waals surface area contributed by atoms with Crippen LogP contribution in [0.1, 0.15) is 41.9 Å². The largest absolute Gasteiger partial charge is 0.376 e. The van der Waals surface area contributed by atoms with E-state index >= 15 is 0 Å². The molecular formula is C24H23FN4O3S2. The predicted molar refractivity (Wildman–Crippen MR) is 129 cm³/mol. The van der Waals surface area contributed by atoms with Gasteiger partial charge in [0.05, 0.1) is 23.8 Å². The summed E-state index contributed by atoms with van der Waals surface area (Å²) in [5, 5.41) is 5.51. The minimum Gasteiger partial charge on any atom is -0.376 e. The lowest BCUT2D eigenvalue weighted by atomic mass is 9.97. The molecule has 34 heavy (non-hydrogen) atoms. The molecule has 4 heterocycles. The SMILES string of the molecule is O=c1c2c3c(sc2nc(SCc2noc(-c4ccc(F)cc4)n2)n1CC1CCCO1)CCCC3. The highest BCUT2D eigenvalue weighted by molar-refractivity contribution is 7.98. The lowest BCUT2D eigenvalue weighted by Crippen LogP contribution is -2.29. The molecule has 0 saturated carbocycles. The monoisotopic (exact) mass is 498 g/mol. The van der Waals surface area contributed by atoms with Gasteiger partial charge in [-0.05, 0) is 68.4 Å². The maximum Gasteiger partial charge on any atom is 0.263 e. The van der Waals surface area contributed by atoms with Crippen LogP contribution in [0.3, 0.4) is 0 Å². The minimum absolute atomic E-state index is 0.0287. The highest BCUT2D eigenvalue weighted by atomic mass is 32.2. The molecule has 1 atom stereocenters. The number of aromatic nitrogens is 4. The summed E-state index contributed by atoms with van der Waals surface area (Å²) >= 11 is 3.08. The number of thiophene rings is 1. The van der Waals surface area contributed by atoms with Crippen molar-refractivity contribution in [3.8, 4) is 11.5 Å². The van der Waals surface area contributed by atoms with Crippen molar-refractivity contribution < 1.29 is 13.7 Å². The Labute approximate surface area is 203 Å². The van der Waals surface area contributed by atoms with Crippen molar-refractivity contribution in [1.82, 2.24) is 19.7 Å². The maximum absolute atomic E-state index is 13.7. The first-order valence-corrected chi connectivity index (χ1v) is 13.3. The Kier molecular flexibility index (Phi) is 5.96. The summed E-state index contributed by atoms with van der Waals surface area (Å²) in [4.78, 5) is 25.2. The minimum atomic E-state index is -0.319. The van der Waals surface area contributed by atoms with Gasteiger partial charge in [0.1, 0.15) is 10.6 Å². The number of aryl methyl sites for hydroxylation is 2. The number of benzene rings is 1. The number of rotatable bonds is 6. The van der Waals surface area contributed by atoms with E-state index in [1.165, 1.54) is 40.8 Å². The average molecular weight is 499 g/mol. The second kappa shape index (κ2) is 9.24. The zero-order valence-electron chi connectivity index (χ0n) is 18.5. The summed E-state index contributed by atoms with van der Waals surface area (Å²) in [5.41, 5.74) is 1.88. The van der Waals surface area contributed by atoms with E-state index in [4.69, 9.17) is 14.2 Å². The lowest BCUT2D eigenvalue weighted by Gasteiger charge is -2.16. The molecule has 0 radical (unpaired) electrons. The van der Waals surface area contributed by atoms with Crippen molar-refractivity contribution in [2.45, 2.75) is 62.1 Å². The summed E-state index contributed by atoms with van der Waals surface area (Å²) in [6.07, 6.45) is 6.25. The Hall–Kier alpha value is -2.56. The summed E-state index contributed by atoms with van der Waals surface area (Å²) in [5.74, 6) is 0.911. The molecule has 1 aliphatic carbocycles. The third-order valence-corrected chi connectivity index (χ3v) is 8.50. The topological polar surface area (TPSA) is 83.0 Å². The first-order chi connectivity index (χ1) is 16.7. The van der Waals surface area contributed by atoms with Crippen molar-refractivity contribution in [3.63, 3.8) is 0 Å². The fourth-order valence-corrected chi connectivity index (χ4v) is 6.79. The van der Waals surface area contributed by atoms with Crippen molar-refractivity contribution >= 4 is 33.3 Å². The maximum atomic E-state index is 13.7. The van der Waals surface area contributed by atoms with Gasteiger partial charge in [0.2, 0.25) is 0 Å². The van der Waals surface area contributed by atoms with Gasteiger partial charge in [-0.3, -0.25) is 9.36 Å². The molecule has 0 N–H and O–H groups in total. The van der Waals surface area contributed by atoms with Gasteiger partial charge in [0, 0.05) is 17.0 Å². The predicted octanol–water partition coefficient (Wildman–Crippen LogP) is 5.00. The van der Waals surface area contributed by atoms with E-state index in [0.29, 0.717) is 34.7 Å². The molecule has 1 unspecified atom stereocenters. The summed E-state index contributed by atoms with van der Waals surface area (Å²) < 4.78 is 26.2. The second-order valence-electron chi connectivity index (χ2n) is 8.65. The van der Waals surface area contributed by atoms with Gasteiger partial charge in [-0.15, -0.1) is 11.3 Å². The van der Waals surface area contributed by atoms with Crippen molar-refractivity contribution in [2.75, 3.05) is 6.61 Å². The number of fused-ring (bicyclic) bond motifs is 3. The Morgan fingerprint density at radius 1 is 1.15 bits per heavy atom. The molecule has 1 fully saturated rings. The van der Waals surface area contributed by atoms with Crippen molar-refractivity contribution in [2.24, 2.45) is 0 Å². The Morgan fingerprint density at radius 3 is 2.82 bits per heavy atom. The molecule has 0 spiro atoms. The standard InChI is InChI=1S/C24H23FN4O3S2/c25-15-9-7-14(8-10-15)21-26-19(28-32-21)13-33-24-27-22-20(17-5-1-2-6-18(17)34-22)23(30)29(24)12-16-4-3-11-31-16/h7-10,16H,1-6,11-13H2. The highest BCUT2D eigenvalue weighted by Crippen LogP contribution is 2.35. The van der Waals surface area contributed by atoms with E-state index < -0.39 is 0 Å². The van der Waals surface area contributed by atoms with E-state index in [1.54, 1.807) is 28.0 Å². The van der Waals surface area contributed by atoms with Gasteiger partial charge >= 0.3 is 0 Å². The van der Waals surface area contributed by atoms with Crippen LogP contribution in [-0.2, 0) is 29.9 Å². The smallest absolute Gasteiger partial charge is 0.263 e. The van der Waals surface area contributed by atoms with Crippen molar-refractivity contribution in [3.05, 3.63) is 56.7 Å². The average Bonchev–Trinajstić information content (AvgIpc) is 3.60. The summed E-state index contributed by atoms with van der Waals surface area (Å²) in [6, 6.07) is 5.93. The van der Waals surface area contributed by atoms with E-state index in [1.807, 2.05) is 0 Å². The summed E-state index contributed by atoms with van der Waals surface area (Å²) in [6.45, 7) is 1.24. The molecule has 7 nitrogen and oxygen atoms in total. The van der Waals surface area contributed by atoms with Crippen LogP contribution >= 0.6 is 23.1 Å². The first kappa shape index (κ1) is 21.9. The normalized spacial score (nSPS) is 18.0. The van der Waals surface area contributed by atoms with Gasteiger partial charge in [-0.25, -0.2) is 9.37 Å². The molecule has 176 valence electrons. The zero-order chi connectivity index (χ0) is 23.1. The van der Waals surface area contributed by atoms with E-state index in [-0.39, 0.29) is 17.5 Å². The van der Waals surface area contributed by atoms with E-state index in [0.717, 1.165) is 48.9 Å². The van der Waals surface area contributed by atoms with Gasteiger partial charge < -0.3 is 9.26 Å². The van der Waals surface area contributed by atoms with Gasteiger partial charge in [-0.2, -0.15) is 4.98 Å². The van der Waals surface area contributed by atoms with Crippen LogP contribution in [0.15, 0.2) is 38.7 Å². The number of thioether (sulfide) groups is 1. The van der Waals surface area contributed by atoms with Gasteiger partial charge in [-0.1, -0.05) is 16.9 Å². The number of hydrogen-bond acceptors (Lipinski definition) is 8. The number of nitrogens with zero attached hydrogens (tertiary/aromatic N) is 4. The third-order valence-electron chi connectivity index (χ3n) is 6.34. The zero-order valence-corrected chi connectivity index (χ0v) is 20.1. The second-order valence-corrected chi connectivity index (χ2v) is 10.7. The molecule has 0 amide bonds. The first-order valence-electron chi connectivity index (χ1n) is 11.5. The quantitative estimate of drug-likeness (QED) is 0.273. The summed E-state index contributed by atoms with van der Waals surface area (Å²) in [7, 11) is 0. The fourth-order valence-electron chi connectivity index (χ4n) is 4.63. The van der Waals surface area contributed by atoms with E-state index in [9.17, 15) is 9.18 Å². The molecule has 1 saturated heterocycles. The van der Waals surface area contributed by atoms with Crippen molar-refractivity contribution in [1.29, 1.82) is 0 Å².